The van der Waals surface area contributed by atoms with Gasteiger partial charge in [0.1, 0.15) is 5.82 Å². The molecule has 1 aromatic carbocycles. The molecule has 3 rings (SSSR count). The van der Waals surface area contributed by atoms with E-state index in [1.165, 1.54) is 0 Å². The third kappa shape index (κ3) is 4.03. The molecule has 0 bridgehead atoms. The molecule has 1 aromatic heterocycles. The predicted octanol–water partition coefficient (Wildman–Crippen LogP) is 1.88. The molecule has 6 nitrogen and oxygen atoms in total. The van der Waals surface area contributed by atoms with Gasteiger partial charge in [0.2, 0.25) is 10.0 Å². The van der Waals surface area contributed by atoms with E-state index in [-0.39, 0.29) is 11.7 Å². The Hall–Kier alpha value is -1.70. The first-order valence-corrected chi connectivity index (χ1v) is 9.79. The Morgan fingerprint density at radius 2 is 2.04 bits per heavy atom. The van der Waals surface area contributed by atoms with Crippen LogP contribution in [0, 0.1) is 5.92 Å². The Labute approximate surface area is 143 Å². The SMILES string of the molecule is CCOC[C@@H]1CN(S(=O)(=O)Cc2ccccc2)Cc2nccn2C1. The minimum Gasteiger partial charge on any atom is -0.381 e. The molecular formula is C17H23N3O3S. The number of ether oxygens (including phenoxy) is 1. The minimum absolute atomic E-state index is 0.00982. The Bertz CT molecular complexity index is 758. The van der Waals surface area contributed by atoms with Crippen LogP contribution >= 0.6 is 0 Å². The van der Waals surface area contributed by atoms with Crippen molar-refractivity contribution in [1.29, 1.82) is 0 Å². The van der Waals surface area contributed by atoms with Crippen molar-refractivity contribution < 1.29 is 13.2 Å². The summed E-state index contributed by atoms with van der Waals surface area (Å²) in [5.41, 5.74) is 0.798. The number of sulfonamides is 1. The third-order valence-corrected chi connectivity index (χ3v) is 5.94. The summed E-state index contributed by atoms with van der Waals surface area (Å²) in [6, 6.07) is 9.29. The van der Waals surface area contributed by atoms with E-state index in [0.29, 0.717) is 26.3 Å². The zero-order valence-corrected chi connectivity index (χ0v) is 14.7. The molecule has 1 aliphatic heterocycles. The zero-order valence-electron chi connectivity index (χ0n) is 13.8. The summed E-state index contributed by atoms with van der Waals surface area (Å²) >= 11 is 0. The van der Waals surface area contributed by atoms with Crippen molar-refractivity contribution in [2.75, 3.05) is 19.8 Å². The van der Waals surface area contributed by atoms with Crippen LogP contribution in [-0.2, 0) is 33.6 Å². The van der Waals surface area contributed by atoms with Gasteiger partial charge in [0.15, 0.2) is 0 Å². The molecule has 0 spiro atoms. The lowest BCUT2D eigenvalue weighted by Gasteiger charge is -2.23. The lowest BCUT2D eigenvalue weighted by molar-refractivity contribution is 0.0978. The van der Waals surface area contributed by atoms with Gasteiger partial charge in [-0.3, -0.25) is 0 Å². The molecule has 0 N–H and O–H groups in total. The highest BCUT2D eigenvalue weighted by Crippen LogP contribution is 2.21. The number of hydrogen-bond acceptors (Lipinski definition) is 4. The van der Waals surface area contributed by atoms with E-state index < -0.39 is 10.0 Å². The van der Waals surface area contributed by atoms with Crippen molar-refractivity contribution in [3.8, 4) is 0 Å². The van der Waals surface area contributed by atoms with Gasteiger partial charge in [-0.2, -0.15) is 4.31 Å². The largest absolute Gasteiger partial charge is 0.381 e. The van der Waals surface area contributed by atoms with E-state index >= 15 is 0 Å². The lowest BCUT2D eigenvalue weighted by Crippen LogP contribution is -2.36. The monoisotopic (exact) mass is 349 g/mol. The number of rotatable bonds is 6. The van der Waals surface area contributed by atoms with Crippen LogP contribution in [0.4, 0.5) is 0 Å². The number of benzene rings is 1. The molecule has 0 unspecified atom stereocenters. The molecule has 0 radical (unpaired) electrons. The molecule has 0 fully saturated rings. The minimum atomic E-state index is -3.41. The summed E-state index contributed by atoms with van der Waals surface area (Å²) in [7, 11) is -3.41. The fourth-order valence-electron chi connectivity index (χ4n) is 2.98. The predicted molar refractivity (Wildman–Crippen MR) is 91.7 cm³/mol. The van der Waals surface area contributed by atoms with Gasteiger partial charge in [-0.15, -0.1) is 0 Å². The van der Waals surface area contributed by atoms with E-state index in [0.717, 1.165) is 17.9 Å². The van der Waals surface area contributed by atoms with Crippen molar-refractivity contribution in [3.05, 3.63) is 54.1 Å². The van der Waals surface area contributed by atoms with Crippen LogP contribution in [0.1, 0.15) is 18.3 Å². The van der Waals surface area contributed by atoms with Crippen molar-refractivity contribution in [1.82, 2.24) is 13.9 Å². The second-order valence-corrected chi connectivity index (χ2v) is 8.02. The summed E-state index contributed by atoms with van der Waals surface area (Å²) in [5, 5.41) is 0. The first-order valence-electron chi connectivity index (χ1n) is 8.18. The second-order valence-electron chi connectivity index (χ2n) is 6.06. The van der Waals surface area contributed by atoms with E-state index in [1.54, 1.807) is 10.5 Å². The van der Waals surface area contributed by atoms with Crippen molar-refractivity contribution >= 4 is 10.0 Å². The highest BCUT2D eigenvalue weighted by Gasteiger charge is 2.30. The van der Waals surface area contributed by atoms with Gasteiger partial charge in [0.25, 0.3) is 0 Å². The van der Waals surface area contributed by atoms with Crippen molar-refractivity contribution in [2.24, 2.45) is 5.92 Å². The van der Waals surface area contributed by atoms with Crippen LogP contribution in [0.25, 0.3) is 0 Å². The highest BCUT2D eigenvalue weighted by atomic mass is 32.2. The fraction of sp³-hybridized carbons (Fsp3) is 0.471. The summed E-state index contributed by atoms with van der Waals surface area (Å²) in [6.07, 6.45) is 3.63. The number of hydrogen-bond donors (Lipinski definition) is 0. The number of aromatic nitrogens is 2. The van der Waals surface area contributed by atoms with E-state index in [1.807, 2.05) is 48.0 Å². The smallest absolute Gasteiger partial charge is 0.218 e. The van der Waals surface area contributed by atoms with Crippen molar-refractivity contribution in [3.63, 3.8) is 0 Å². The summed E-state index contributed by atoms with van der Waals surface area (Å²) < 4.78 is 34.9. The highest BCUT2D eigenvalue weighted by molar-refractivity contribution is 7.88. The zero-order chi connectivity index (χ0) is 17.0. The third-order valence-electron chi connectivity index (χ3n) is 4.18. The average Bonchev–Trinajstić information content (AvgIpc) is 2.91. The second kappa shape index (κ2) is 7.46. The summed E-state index contributed by atoms with van der Waals surface area (Å²) in [6.45, 7) is 4.62. The Balaban J connectivity index is 1.82. The van der Waals surface area contributed by atoms with Gasteiger partial charge in [-0.05, 0) is 12.5 Å². The maximum atomic E-state index is 12.9. The van der Waals surface area contributed by atoms with Crippen LogP contribution < -0.4 is 0 Å². The Morgan fingerprint density at radius 1 is 1.25 bits per heavy atom. The lowest BCUT2D eigenvalue weighted by atomic mass is 10.1. The molecule has 7 heteroatoms. The van der Waals surface area contributed by atoms with E-state index in [4.69, 9.17) is 4.74 Å². The Morgan fingerprint density at radius 3 is 2.79 bits per heavy atom. The van der Waals surface area contributed by atoms with Crippen LogP contribution in [0.15, 0.2) is 42.7 Å². The molecule has 2 aromatic rings. The van der Waals surface area contributed by atoms with E-state index in [9.17, 15) is 8.42 Å². The van der Waals surface area contributed by atoms with E-state index in [2.05, 4.69) is 4.98 Å². The van der Waals surface area contributed by atoms with Gasteiger partial charge < -0.3 is 9.30 Å². The fourth-order valence-corrected chi connectivity index (χ4v) is 4.53. The molecule has 0 saturated heterocycles. The molecule has 0 amide bonds. The van der Waals surface area contributed by atoms with Crippen LogP contribution in [-0.4, -0.2) is 42.0 Å². The molecule has 0 saturated carbocycles. The molecule has 0 aliphatic carbocycles. The van der Waals surface area contributed by atoms with Crippen molar-refractivity contribution in [2.45, 2.75) is 25.8 Å². The first kappa shape index (κ1) is 17.1. The summed E-state index contributed by atoms with van der Waals surface area (Å²) in [5.74, 6) is 0.909. The van der Waals surface area contributed by atoms with Crippen LogP contribution in [0.2, 0.25) is 0 Å². The standard InChI is InChI=1S/C17H23N3O3S/c1-2-23-13-16-10-19-9-8-18-17(19)12-20(11-16)24(21,22)14-15-6-4-3-5-7-15/h3-9,16H,2,10-14H2,1H3/t16-/m0/s1. The number of imidazole rings is 1. The van der Waals surface area contributed by atoms with Crippen LogP contribution in [0.3, 0.4) is 0 Å². The maximum absolute atomic E-state index is 12.9. The van der Waals surface area contributed by atoms with Crippen LogP contribution in [0.5, 0.6) is 0 Å². The maximum Gasteiger partial charge on any atom is 0.218 e. The Kier molecular flexibility index (Phi) is 5.33. The quantitative estimate of drug-likeness (QED) is 0.799. The number of fused-ring (bicyclic) bond motifs is 1. The molecule has 130 valence electrons. The molecule has 1 atom stereocenters. The van der Waals surface area contributed by atoms with Gasteiger partial charge >= 0.3 is 0 Å². The molecule has 2 heterocycles. The molecular weight excluding hydrogens is 326 g/mol. The van der Waals surface area contributed by atoms with Gasteiger partial charge in [0.05, 0.1) is 18.9 Å². The summed E-state index contributed by atoms with van der Waals surface area (Å²) in [4.78, 5) is 4.32. The number of nitrogens with zero attached hydrogens (tertiary/aromatic N) is 3. The van der Waals surface area contributed by atoms with Gasteiger partial charge in [0, 0.05) is 38.0 Å². The van der Waals surface area contributed by atoms with Gasteiger partial charge in [-0.1, -0.05) is 30.3 Å². The average molecular weight is 349 g/mol. The van der Waals surface area contributed by atoms with Gasteiger partial charge in [-0.25, -0.2) is 13.4 Å². The molecule has 1 aliphatic rings. The normalized spacial score (nSPS) is 19.0. The first-order chi connectivity index (χ1) is 11.6. The molecule has 24 heavy (non-hydrogen) atoms. The topological polar surface area (TPSA) is 64.4 Å².